The molecule has 1 aromatic heterocycles. The maximum absolute atomic E-state index is 11.6. The fourth-order valence-electron chi connectivity index (χ4n) is 1.80. The van der Waals surface area contributed by atoms with Crippen molar-refractivity contribution < 1.29 is 9.63 Å². The summed E-state index contributed by atoms with van der Waals surface area (Å²) >= 11 is 1.41. The Labute approximate surface area is 98.7 Å². The number of nitrogens with one attached hydrogen (secondary N) is 1. The van der Waals surface area contributed by atoms with E-state index >= 15 is 0 Å². The third-order valence-electron chi connectivity index (χ3n) is 2.78. The van der Waals surface area contributed by atoms with Crippen molar-refractivity contribution in [3.63, 3.8) is 0 Å². The molecule has 1 aromatic rings. The van der Waals surface area contributed by atoms with Crippen LogP contribution in [0.25, 0.3) is 0 Å². The Hall–Kier alpha value is -0.910. The van der Waals surface area contributed by atoms with Gasteiger partial charge in [0.05, 0.1) is 11.0 Å². The number of amides is 1. The van der Waals surface area contributed by atoms with Gasteiger partial charge in [-0.05, 0) is 37.1 Å². The molecule has 1 heterocycles. The van der Waals surface area contributed by atoms with Gasteiger partial charge in [-0.15, -0.1) is 11.3 Å². The standard InChI is InChI=1S/C11H16N2O2S/c12-8-3-5-9(6-4-8)15-13-11(14)10-2-1-7-16-10/h1-2,7-9H,3-6,12H2,(H,13,14). The summed E-state index contributed by atoms with van der Waals surface area (Å²) in [6.07, 6.45) is 3.90. The van der Waals surface area contributed by atoms with Gasteiger partial charge in [-0.25, -0.2) is 5.48 Å². The molecular formula is C11H16N2O2S. The van der Waals surface area contributed by atoms with Crippen molar-refractivity contribution in [2.75, 3.05) is 0 Å². The van der Waals surface area contributed by atoms with E-state index in [2.05, 4.69) is 5.48 Å². The van der Waals surface area contributed by atoms with Gasteiger partial charge in [-0.2, -0.15) is 0 Å². The van der Waals surface area contributed by atoms with E-state index < -0.39 is 0 Å². The lowest BCUT2D eigenvalue weighted by Crippen LogP contribution is -2.35. The number of nitrogens with two attached hydrogens (primary N) is 1. The smallest absolute Gasteiger partial charge is 0.284 e. The first-order valence-corrected chi connectivity index (χ1v) is 6.39. The molecular weight excluding hydrogens is 224 g/mol. The Morgan fingerprint density at radius 2 is 2.19 bits per heavy atom. The van der Waals surface area contributed by atoms with Gasteiger partial charge in [0.1, 0.15) is 0 Å². The van der Waals surface area contributed by atoms with Crippen LogP contribution in [0, 0.1) is 0 Å². The molecule has 0 unspecified atom stereocenters. The van der Waals surface area contributed by atoms with Crippen LogP contribution < -0.4 is 11.2 Å². The zero-order valence-corrected chi connectivity index (χ0v) is 9.83. The van der Waals surface area contributed by atoms with Crippen LogP contribution in [-0.2, 0) is 4.84 Å². The lowest BCUT2D eigenvalue weighted by atomic mass is 9.94. The molecule has 16 heavy (non-hydrogen) atoms. The van der Waals surface area contributed by atoms with Crippen molar-refractivity contribution in [1.82, 2.24) is 5.48 Å². The van der Waals surface area contributed by atoms with Crippen molar-refractivity contribution in [3.8, 4) is 0 Å². The molecule has 0 aliphatic heterocycles. The van der Waals surface area contributed by atoms with Crippen LogP contribution in [0.4, 0.5) is 0 Å². The summed E-state index contributed by atoms with van der Waals surface area (Å²) in [5, 5.41) is 1.87. The number of rotatable bonds is 3. The molecule has 3 N–H and O–H groups in total. The topological polar surface area (TPSA) is 64.3 Å². The third kappa shape index (κ3) is 3.04. The summed E-state index contributed by atoms with van der Waals surface area (Å²) in [5.41, 5.74) is 8.29. The van der Waals surface area contributed by atoms with Crippen LogP contribution in [0.5, 0.6) is 0 Å². The molecule has 0 spiro atoms. The highest BCUT2D eigenvalue weighted by molar-refractivity contribution is 7.12. The molecule has 4 nitrogen and oxygen atoms in total. The predicted molar refractivity (Wildman–Crippen MR) is 63.1 cm³/mol. The largest absolute Gasteiger partial charge is 0.328 e. The van der Waals surface area contributed by atoms with Crippen molar-refractivity contribution in [1.29, 1.82) is 0 Å². The minimum absolute atomic E-state index is 0.115. The zero-order valence-electron chi connectivity index (χ0n) is 9.02. The van der Waals surface area contributed by atoms with E-state index in [1.807, 2.05) is 11.4 Å². The van der Waals surface area contributed by atoms with Crippen LogP contribution in [-0.4, -0.2) is 18.1 Å². The van der Waals surface area contributed by atoms with Crippen LogP contribution in [0.1, 0.15) is 35.4 Å². The van der Waals surface area contributed by atoms with Gasteiger partial charge in [0.15, 0.2) is 0 Å². The molecule has 0 atom stereocenters. The minimum atomic E-state index is -0.162. The molecule has 0 aromatic carbocycles. The summed E-state index contributed by atoms with van der Waals surface area (Å²) in [4.78, 5) is 17.6. The lowest BCUT2D eigenvalue weighted by molar-refractivity contribution is -0.0329. The molecule has 1 amide bonds. The van der Waals surface area contributed by atoms with Crippen LogP contribution in [0.3, 0.4) is 0 Å². The minimum Gasteiger partial charge on any atom is -0.328 e. The average Bonchev–Trinajstić information content (AvgIpc) is 2.81. The molecule has 0 radical (unpaired) electrons. The number of hydrogen-bond donors (Lipinski definition) is 2. The van der Waals surface area contributed by atoms with E-state index in [-0.39, 0.29) is 12.0 Å². The van der Waals surface area contributed by atoms with E-state index in [1.54, 1.807) is 6.07 Å². The van der Waals surface area contributed by atoms with Crippen LogP contribution in [0.2, 0.25) is 0 Å². The van der Waals surface area contributed by atoms with Crippen molar-refractivity contribution >= 4 is 17.2 Å². The number of thiophene rings is 1. The SMILES string of the molecule is NC1CCC(ONC(=O)c2cccs2)CC1. The normalized spacial score (nSPS) is 25.3. The molecule has 5 heteroatoms. The van der Waals surface area contributed by atoms with Gasteiger partial charge in [0.2, 0.25) is 0 Å². The molecule has 0 bridgehead atoms. The molecule has 0 saturated heterocycles. The van der Waals surface area contributed by atoms with Crippen LogP contribution in [0.15, 0.2) is 17.5 Å². The van der Waals surface area contributed by atoms with Gasteiger partial charge in [-0.1, -0.05) is 6.07 Å². The number of hydrogen-bond acceptors (Lipinski definition) is 4. The molecule has 1 aliphatic rings. The van der Waals surface area contributed by atoms with Gasteiger partial charge in [-0.3, -0.25) is 9.63 Å². The van der Waals surface area contributed by atoms with Crippen molar-refractivity contribution in [3.05, 3.63) is 22.4 Å². The van der Waals surface area contributed by atoms with Gasteiger partial charge in [0, 0.05) is 6.04 Å². The Morgan fingerprint density at radius 3 is 2.81 bits per heavy atom. The maximum Gasteiger partial charge on any atom is 0.284 e. The Balaban J connectivity index is 1.73. The number of carbonyl (C=O) groups excluding carboxylic acids is 1. The highest BCUT2D eigenvalue weighted by Crippen LogP contribution is 2.19. The van der Waals surface area contributed by atoms with E-state index in [0.717, 1.165) is 25.7 Å². The monoisotopic (exact) mass is 240 g/mol. The summed E-state index contributed by atoms with van der Waals surface area (Å²) in [6, 6.07) is 3.92. The average molecular weight is 240 g/mol. The molecule has 1 aliphatic carbocycles. The first-order chi connectivity index (χ1) is 7.75. The fourth-order valence-corrected chi connectivity index (χ4v) is 2.41. The first kappa shape index (κ1) is 11.6. The van der Waals surface area contributed by atoms with E-state index in [0.29, 0.717) is 10.9 Å². The van der Waals surface area contributed by atoms with Crippen molar-refractivity contribution in [2.24, 2.45) is 5.73 Å². The Bertz CT molecular complexity index is 332. The van der Waals surface area contributed by atoms with Gasteiger partial charge in [0.25, 0.3) is 5.91 Å². The number of hydroxylamine groups is 1. The summed E-state index contributed by atoms with van der Waals surface area (Å²) < 4.78 is 0. The van der Waals surface area contributed by atoms with Gasteiger partial charge < -0.3 is 5.73 Å². The molecule has 1 saturated carbocycles. The summed E-state index contributed by atoms with van der Waals surface area (Å²) in [5.74, 6) is -0.162. The highest BCUT2D eigenvalue weighted by atomic mass is 32.1. The molecule has 1 fully saturated rings. The Kier molecular flexibility index (Phi) is 3.93. The molecule has 2 rings (SSSR count). The second kappa shape index (κ2) is 5.43. The van der Waals surface area contributed by atoms with Gasteiger partial charge >= 0.3 is 0 Å². The third-order valence-corrected chi connectivity index (χ3v) is 3.65. The predicted octanol–water partition coefficient (Wildman–Crippen LogP) is 1.68. The van der Waals surface area contributed by atoms with E-state index in [1.165, 1.54) is 11.3 Å². The quantitative estimate of drug-likeness (QED) is 0.790. The molecule has 88 valence electrons. The van der Waals surface area contributed by atoms with Crippen LogP contribution >= 0.6 is 11.3 Å². The summed E-state index contributed by atoms with van der Waals surface area (Å²) in [6.45, 7) is 0. The van der Waals surface area contributed by atoms with E-state index in [4.69, 9.17) is 10.6 Å². The first-order valence-electron chi connectivity index (χ1n) is 5.51. The second-order valence-electron chi connectivity index (χ2n) is 4.06. The zero-order chi connectivity index (χ0) is 11.4. The Morgan fingerprint density at radius 1 is 1.44 bits per heavy atom. The number of carbonyl (C=O) groups is 1. The summed E-state index contributed by atoms with van der Waals surface area (Å²) in [7, 11) is 0. The highest BCUT2D eigenvalue weighted by Gasteiger charge is 2.20. The maximum atomic E-state index is 11.6. The second-order valence-corrected chi connectivity index (χ2v) is 5.01. The van der Waals surface area contributed by atoms with E-state index in [9.17, 15) is 4.79 Å². The fraction of sp³-hybridized carbons (Fsp3) is 0.545. The lowest BCUT2D eigenvalue weighted by Gasteiger charge is -2.25. The van der Waals surface area contributed by atoms with Crippen molar-refractivity contribution in [2.45, 2.75) is 37.8 Å².